The highest BCUT2D eigenvalue weighted by molar-refractivity contribution is 7.98. The molecular formula is C27H28N2O8S2. The summed E-state index contributed by atoms with van der Waals surface area (Å²) in [7, 11) is -1.87. The highest BCUT2D eigenvalue weighted by Gasteiger charge is 2.30. The van der Waals surface area contributed by atoms with Crippen LogP contribution >= 0.6 is 11.8 Å². The molecule has 0 radical (unpaired) electrons. The number of thioether (sulfide) groups is 1. The summed E-state index contributed by atoms with van der Waals surface area (Å²) in [5.74, 6) is -1.93. The number of rotatable bonds is 11. The average Bonchev–Trinajstić information content (AvgIpc) is 2.95. The standard InChI is InChI=1S/C27H28N2O8S2/c1-5-37-24-9-7-6-8-23(24)29(39(33,34)22-12-10-21(38-4)11-13-22)17-25(30)28-20-15-18(26(31)35-2)14-19(16-20)27(32)36-3/h6-16H,5,17H2,1-4H3,(H,28,30). The third kappa shape index (κ3) is 7.09. The average molecular weight is 573 g/mol. The second kappa shape index (κ2) is 13.2. The van der Waals surface area contributed by atoms with Crippen molar-refractivity contribution in [1.29, 1.82) is 0 Å². The van der Waals surface area contributed by atoms with Gasteiger partial charge in [0.1, 0.15) is 12.3 Å². The van der Waals surface area contributed by atoms with Gasteiger partial charge in [0.25, 0.3) is 10.0 Å². The summed E-state index contributed by atoms with van der Waals surface area (Å²) in [5, 5.41) is 2.57. The first-order chi connectivity index (χ1) is 18.6. The molecule has 0 saturated carbocycles. The number of nitrogens with zero attached hydrogens (tertiary/aromatic N) is 1. The van der Waals surface area contributed by atoms with E-state index in [9.17, 15) is 22.8 Å². The fourth-order valence-corrected chi connectivity index (χ4v) is 5.46. The van der Waals surface area contributed by atoms with Crippen LogP contribution in [0.5, 0.6) is 5.75 Å². The van der Waals surface area contributed by atoms with Crippen LogP contribution < -0.4 is 14.4 Å². The molecule has 0 atom stereocenters. The van der Waals surface area contributed by atoms with Crippen LogP contribution in [0.3, 0.4) is 0 Å². The lowest BCUT2D eigenvalue weighted by atomic mass is 10.1. The monoisotopic (exact) mass is 572 g/mol. The zero-order chi connectivity index (χ0) is 28.6. The van der Waals surface area contributed by atoms with Crippen molar-refractivity contribution < 1.29 is 37.0 Å². The molecule has 0 aliphatic heterocycles. The van der Waals surface area contributed by atoms with Gasteiger partial charge in [-0.1, -0.05) is 12.1 Å². The zero-order valence-corrected chi connectivity index (χ0v) is 23.4. The van der Waals surface area contributed by atoms with Crippen LogP contribution in [0.15, 0.2) is 76.5 Å². The van der Waals surface area contributed by atoms with Crippen LogP contribution in [0.25, 0.3) is 0 Å². The maximum Gasteiger partial charge on any atom is 0.337 e. The van der Waals surface area contributed by atoms with Crippen molar-refractivity contribution in [3.8, 4) is 5.75 Å². The molecule has 0 fully saturated rings. The summed E-state index contributed by atoms with van der Waals surface area (Å²) in [6.45, 7) is 1.40. The van der Waals surface area contributed by atoms with Gasteiger partial charge in [0.15, 0.2) is 0 Å². The fourth-order valence-electron chi connectivity index (χ4n) is 3.62. The first-order valence-corrected chi connectivity index (χ1v) is 14.3. The molecule has 206 valence electrons. The van der Waals surface area contributed by atoms with E-state index in [1.54, 1.807) is 43.3 Å². The summed E-state index contributed by atoms with van der Waals surface area (Å²) in [4.78, 5) is 38.4. The predicted molar refractivity (Wildman–Crippen MR) is 148 cm³/mol. The molecule has 39 heavy (non-hydrogen) atoms. The maximum atomic E-state index is 13.8. The molecule has 3 rings (SSSR count). The van der Waals surface area contributed by atoms with E-state index in [1.807, 2.05) is 6.26 Å². The SMILES string of the molecule is CCOc1ccccc1N(CC(=O)Nc1cc(C(=O)OC)cc(C(=O)OC)c1)S(=O)(=O)c1ccc(SC)cc1. The Kier molecular flexibility index (Phi) is 9.96. The van der Waals surface area contributed by atoms with Crippen molar-refractivity contribution in [3.63, 3.8) is 0 Å². The Bertz CT molecular complexity index is 1420. The van der Waals surface area contributed by atoms with Crippen LogP contribution in [0.1, 0.15) is 27.6 Å². The van der Waals surface area contributed by atoms with E-state index in [1.165, 1.54) is 56.3 Å². The molecule has 0 aliphatic rings. The summed E-state index contributed by atoms with van der Waals surface area (Å²) < 4.78 is 43.7. The molecule has 3 aromatic carbocycles. The van der Waals surface area contributed by atoms with Gasteiger partial charge in [-0.15, -0.1) is 11.8 Å². The van der Waals surface area contributed by atoms with E-state index in [2.05, 4.69) is 5.32 Å². The van der Waals surface area contributed by atoms with Gasteiger partial charge in [0, 0.05) is 10.6 Å². The van der Waals surface area contributed by atoms with Crippen LogP contribution in [0.2, 0.25) is 0 Å². The Labute approximate surface area is 231 Å². The van der Waals surface area contributed by atoms with Crippen molar-refractivity contribution >= 4 is 51.0 Å². The number of benzene rings is 3. The first-order valence-electron chi connectivity index (χ1n) is 11.6. The minimum atomic E-state index is -4.22. The summed E-state index contributed by atoms with van der Waals surface area (Å²) >= 11 is 1.46. The molecule has 3 aromatic rings. The lowest BCUT2D eigenvalue weighted by molar-refractivity contribution is -0.114. The minimum Gasteiger partial charge on any atom is -0.492 e. The van der Waals surface area contributed by atoms with Crippen LogP contribution in [-0.2, 0) is 24.3 Å². The molecule has 0 aromatic heterocycles. The molecule has 0 aliphatic carbocycles. The fraction of sp³-hybridized carbons (Fsp3) is 0.222. The number of hydrogen-bond acceptors (Lipinski definition) is 9. The van der Waals surface area contributed by atoms with Gasteiger partial charge in [-0.05, 0) is 67.8 Å². The Morgan fingerprint density at radius 1 is 0.897 bits per heavy atom. The summed E-state index contributed by atoms with van der Waals surface area (Å²) in [5.41, 5.74) is 0.233. The van der Waals surface area contributed by atoms with E-state index in [-0.39, 0.29) is 39.8 Å². The van der Waals surface area contributed by atoms with Gasteiger partial charge < -0.3 is 19.5 Å². The molecule has 1 N–H and O–H groups in total. The highest BCUT2D eigenvalue weighted by atomic mass is 32.2. The lowest BCUT2D eigenvalue weighted by Crippen LogP contribution is -2.38. The number of nitrogens with one attached hydrogen (secondary N) is 1. The second-order valence-electron chi connectivity index (χ2n) is 7.92. The van der Waals surface area contributed by atoms with E-state index >= 15 is 0 Å². The third-order valence-corrected chi connectivity index (χ3v) is 7.94. The van der Waals surface area contributed by atoms with E-state index in [0.717, 1.165) is 9.20 Å². The van der Waals surface area contributed by atoms with E-state index in [0.29, 0.717) is 0 Å². The molecule has 0 saturated heterocycles. The summed E-state index contributed by atoms with van der Waals surface area (Å²) in [6.07, 6.45) is 1.87. The molecular weight excluding hydrogens is 544 g/mol. The molecule has 0 bridgehead atoms. The van der Waals surface area contributed by atoms with Gasteiger partial charge in [0.05, 0.1) is 42.5 Å². The predicted octanol–water partition coefficient (Wildman–Crippen LogP) is 4.21. The number of carbonyl (C=O) groups is 3. The smallest absolute Gasteiger partial charge is 0.337 e. The van der Waals surface area contributed by atoms with Gasteiger partial charge in [-0.25, -0.2) is 18.0 Å². The molecule has 0 unspecified atom stereocenters. The number of esters is 2. The molecule has 0 heterocycles. The molecule has 12 heteroatoms. The van der Waals surface area contributed by atoms with Crippen LogP contribution in [0.4, 0.5) is 11.4 Å². The number of para-hydroxylation sites is 2. The van der Waals surface area contributed by atoms with Crippen LogP contribution in [-0.4, -0.2) is 59.9 Å². The van der Waals surface area contributed by atoms with Gasteiger partial charge >= 0.3 is 11.9 Å². The Morgan fingerprint density at radius 2 is 1.49 bits per heavy atom. The molecule has 10 nitrogen and oxygen atoms in total. The molecule has 1 amide bonds. The quantitative estimate of drug-likeness (QED) is 0.265. The Balaban J connectivity index is 2.03. The van der Waals surface area contributed by atoms with Gasteiger partial charge in [-0.3, -0.25) is 9.10 Å². The van der Waals surface area contributed by atoms with Crippen molar-refractivity contribution in [2.45, 2.75) is 16.7 Å². The van der Waals surface area contributed by atoms with Gasteiger partial charge in [0.2, 0.25) is 5.91 Å². The lowest BCUT2D eigenvalue weighted by Gasteiger charge is -2.26. The minimum absolute atomic E-state index is 0.00393. The normalized spacial score (nSPS) is 10.9. The second-order valence-corrected chi connectivity index (χ2v) is 10.7. The largest absolute Gasteiger partial charge is 0.492 e. The number of amides is 1. The number of methoxy groups -OCH3 is 2. The number of anilines is 2. The maximum absolute atomic E-state index is 13.8. The first kappa shape index (κ1) is 29.5. The van der Waals surface area contributed by atoms with Crippen molar-refractivity contribution in [2.24, 2.45) is 0 Å². The number of carbonyl (C=O) groups excluding carboxylic acids is 3. The number of sulfonamides is 1. The van der Waals surface area contributed by atoms with E-state index < -0.39 is 34.4 Å². The topological polar surface area (TPSA) is 128 Å². The third-order valence-electron chi connectivity index (χ3n) is 5.43. The number of ether oxygens (including phenoxy) is 3. The van der Waals surface area contributed by atoms with Crippen molar-refractivity contribution in [1.82, 2.24) is 0 Å². The van der Waals surface area contributed by atoms with Crippen molar-refractivity contribution in [3.05, 3.63) is 77.9 Å². The number of hydrogen-bond donors (Lipinski definition) is 1. The zero-order valence-electron chi connectivity index (χ0n) is 21.8. The van der Waals surface area contributed by atoms with Gasteiger partial charge in [-0.2, -0.15) is 0 Å². The Morgan fingerprint density at radius 3 is 2.03 bits per heavy atom. The molecule has 0 spiro atoms. The summed E-state index contributed by atoms with van der Waals surface area (Å²) in [6, 6.07) is 16.7. The van der Waals surface area contributed by atoms with Crippen LogP contribution in [0, 0.1) is 0 Å². The Hall–Kier alpha value is -4.03. The van der Waals surface area contributed by atoms with E-state index in [4.69, 9.17) is 14.2 Å². The highest BCUT2D eigenvalue weighted by Crippen LogP contribution is 2.33. The van der Waals surface area contributed by atoms with Crippen molar-refractivity contribution in [2.75, 3.05) is 43.2 Å².